The summed E-state index contributed by atoms with van der Waals surface area (Å²) in [5.74, 6) is 0.465. The van der Waals surface area contributed by atoms with Crippen LogP contribution in [0.3, 0.4) is 0 Å². The van der Waals surface area contributed by atoms with Crippen LogP contribution in [0.4, 0.5) is 4.79 Å². The summed E-state index contributed by atoms with van der Waals surface area (Å²) in [6.07, 6.45) is -0.690. The summed E-state index contributed by atoms with van der Waals surface area (Å²) in [4.78, 5) is 11.3. The Hall–Kier alpha value is -1.03. The molecule has 0 aliphatic rings. The first kappa shape index (κ1) is 12.0. The third kappa shape index (κ3) is 4.83. The van der Waals surface area contributed by atoms with Gasteiger partial charge in [0.2, 0.25) is 0 Å². The lowest BCUT2D eigenvalue weighted by Gasteiger charge is -2.18. The van der Waals surface area contributed by atoms with Gasteiger partial charge in [-0.25, -0.2) is 4.79 Å². The molecular weight excluding hydrogens is 260 g/mol. The molecule has 0 aliphatic heterocycles. The molecule has 0 saturated heterocycles. The first-order chi connectivity index (χ1) is 6.87. The van der Waals surface area contributed by atoms with Crippen LogP contribution in [0.1, 0.15) is 20.8 Å². The monoisotopic (exact) mass is 272 g/mol. The third-order valence-corrected chi connectivity index (χ3v) is 1.93. The van der Waals surface area contributed by atoms with Gasteiger partial charge in [-0.1, -0.05) is 15.9 Å². The fraction of sp³-hybridized carbons (Fsp3) is 0.364. The van der Waals surface area contributed by atoms with Crippen LogP contribution < -0.4 is 4.74 Å². The Morgan fingerprint density at radius 1 is 1.20 bits per heavy atom. The van der Waals surface area contributed by atoms with Gasteiger partial charge in [0, 0.05) is 4.47 Å². The first-order valence-electron chi connectivity index (χ1n) is 4.53. The van der Waals surface area contributed by atoms with E-state index in [2.05, 4.69) is 15.9 Å². The molecule has 1 aromatic carbocycles. The molecule has 0 unspecified atom stereocenters. The van der Waals surface area contributed by atoms with Crippen molar-refractivity contribution < 1.29 is 14.3 Å². The summed E-state index contributed by atoms with van der Waals surface area (Å²) in [6, 6.07) is 6.96. The summed E-state index contributed by atoms with van der Waals surface area (Å²) in [6.45, 7) is 5.36. The lowest BCUT2D eigenvalue weighted by Crippen LogP contribution is -2.25. The Morgan fingerprint density at radius 2 is 1.73 bits per heavy atom. The van der Waals surface area contributed by atoms with Gasteiger partial charge in [0.15, 0.2) is 0 Å². The van der Waals surface area contributed by atoms with Crippen molar-refractivity contribution in [3.05, 3.63) is 28.7 Å². The van der Waals surface area contributed by atoms with Crippen molar-refractivity contribution in [1.29, 1.82) is 0 Å². The molecule has 0 heterocycles. The Kier molecular flexibility index (Phi) is 3.74. The number of halogens is 1. The molecular formula is C11H13BrO3. The lowest BCUT2D eigenvalue weighted by molar-refractivity contribution is 0.0206. The fourth-order valence-electron chi connectivity index (χ4n) is 0.870. The van der Waals surface area contributed by atoms with Gasteiger partial charge >= 0.3 is 6.16 Å². The second-order valence-electron chi connectivity index (χ2n) is 4.02. The number of carbonyl (C=O) groups excluding carboxylic acids is 1. The quantitative estimate of drug-likeness (QED) is 0.577. The van der Waals surface area contributed by atoms with Crippen LogP contribution in [0, 0.1) is 0 Å². The van der Waals surface area contributed by atoms with Gasteiger partial charge < -0.3 is 9.47 Å². The topological polar surface area (TPSA) is 35.5 Å². The van der Waals surface area contributed by atoms with E-state index in [1.165, 1.54) is 0 Å². The maximum atomic E-state index is 11.3. The van der Waals surface area contributed by atoms with Crippen LogP contribution >= 0.6 is 15.9 Å². The van der Waals surface area contributed by atoms with Gasteiger partial charge in [-0.3, -0.25) is 0 Å². The summed E-state index contributed by atoms with van der Waals surface area (Å²) in [7, 11) is 0. The highest BCUT2D eigenvalue weighted by Crippen LogP contribution is 2.17. The van der Waals surface area contributed by atoms with Gasteiger partial charge in [0.25, 0.3) is 0 Å². The second-order valence-corrected chi connectivity index (χ2v) is 4.94. The highest BCUT2D eigenvalue weighted by atomic mass is 79.9. The van der Waals surface area contributed by atoms with Crippen LogP contribution in [0.2, 0.25) is 0 Å². The summed E-state index contributed by atoms with van der Waals surface area (Å²) in [5.41, 5.74) is -0.535. The molecule has 3 nitrogen and oxygen atoms in total. The molecule has 1 aromatic rings. The zero-order valence-electron chi connectivity index (χ0n) is 8.91. The molecule has 0 amide bonds. The van der Waals surface area contributed by atoms with Crippen LogP contribution in [0.5, 0.6) is 5.75 Å². The van der Waals surface area contributed by atoms with E-state index in [1.807, 2.05) is 0 Å². The maximum Gasteiger partial charge on any atom is 0.514 e. The van der Waals surface area contributed by atoms with Crippen molar-refractivity contribution in [3.8, 4) is 5.75 Å². The molecule has 0 radical (unpaired) electrons. The minimum Gasteiger partial charge on any atom is -0.428 e. The Morgan fingerprint density at radius 3 is 2.20 bits per heavy atom. The van der Waals surface area contributed by atoms with Crippen molar-refractivity contribution in [1.82, 2.24) is 0 Å². The predicted molar refractivity (Wildman–Crippen MR) is 61.0 cm³/mol. The SMILES string of the molecule is CC(C)(C)OC(=O)Oc1ccc(Br)cc1. The van der Waals surface area contributed by atoms with Gasteiger partial charge in [-0.15, -0.1) is 0 Å². The number of hydrogen-bond donors (Lipinski definition) is 0. The van der Waals surface area contributed by atoms with Crippen molar-refractivity contribution in [3.63, 3.8) is 0 Å². The molecule has 82 valence electrons. The van der Waals surface area contributed by atoms with E-state index in [4.69, 9.17) is 9.47 Å². The smallest absolute Gasteiger partial charge is 0.428 e. The van der Waals surface area contributed by atoms with Crippen LogP contribution in [-0.2, 0) is 4.74 Å². The van der Waals surface area contributed by atoms with Crippen LogP contribution in [0.15, 0.2) is 28.7 Å². The summed E-state index contributed by atoms with van der Waals surface area (Å²) in [5, 5.41) is 0. The zero-order valence-corrected chi connectivity index (χ0v) is 10.5. The van der Waals surface area contributed by atoms with Crippen LogP contribution in [-0.4, -0.2) is 11.8 Å². The highest BCUT2D eigenvalue weighted by Gasteiger charge is 2.17. The van der Waals surface area contributed by atoms with E-state index in [0.717, 1.165) is 4.47 Å². The van der Waals surface area contributed by atoms with Gasteiger partial charge in [-0.2, -0.15) is 0 Å². The van der Waals surface area contributed by atoms with Crippen molar-refractivity contribution in [2.75, 3.05) is 0 Å². The number of carbonyl (C=O) groups is 1. The van der Waals surface area contributed by atoms with E-state index >= 15 is 0 Å². The number of benzene rings is 1. The standard InChI is InChI=1S/C11H13BrO3/c1-11(2,3)15-10(13)14-9-6-4-8(12)5-7-9/h4-7H,1-3H3. The van der Waals surface area contributed by atoms with E-state index in [1.54, 1.807) is 45.0 Å². The minimum atomic E-state index is -0.690. The van der Waals surface area contributed by atoms with Crippen LogP contribution in [0.25, 0.3) is 0 Å². The molecule has 0 saturated carbocycles. The largest absolute Gasteiger partial charge is 0.514 e. The molecule has 0 fully saturated rings. The van der Waals surface area contributed by atoms with Crippen molar-refractivity contribution in [2.45, 2.75) is 26.4 Å². The normalized spacial score (nSPS) is 10.9. The highest BCUT2D eigenvalue weighted by molar-refractivity contribution is 9.10. The van der Waals surface area contributed by atoms with Crippen molar-refractivity contribution in [2.24, 2.45) is 0 Å². The first-order valence-corrected chi connectivity index (χ1v) is 5.32. The third-order valence-electron chi connectivity index (χ3n) is 1.40. The van der Waals surface area contributed by atoms with Gasteiger partial charge in [-0.05, 0) is 45.0 Å². The van der Waals surface area contributed by atoms with E-state index in [0.29, 0.717) is 5.75 Å². The van der Waals surface area contributed by atoms with E-state index in [9.17, 15) is 4.79 Å². The minimum absolute atomic E-state index is 0.465. The molecule has 4 heteroatoms. The van der Waals surface area contributed by atoms with Gasteiger partial charge in [0.05, 0.1) is 0 Å². The summed E-state index contributed by atoms with van der Waals surface area (Å²) < 4.78 is 10.9. The molecule has 0 aromatic heterocycles. The number of hydrogen-bond acceptors (Lipinski definition) is 3. The van der Waals surface area contributed by atoms with E-state index in [-0.39, 0.29) is 0 Å². The molecule has 0 bridgehead atoms. The second kappa shape index (κ2) is 4.66. The predicted octanol–water partition coefficient (Wildman–Crippen LogP) is 3.76. The molecule has 0 atom stereocenters. The molecule has 15 heavy (non-hydrogen) atoms. The molecule has 0 spiro atoms. The fourth-order valence-corrected chi connectivity index (χ4v) is 1.13. The molecule has 0 aliphatic carbocycles. The van der Waals surface area contributed by atoms with E-state index < -0.39 is 11.8 Å². The number of rotatable bonds is 1. The lowest BCUT2D eigenvalue weighted by atomic mass is 10.2. The molecule has 0 N–H and O–H groups in total. The summed E-state index contributed by atoms with van der Waals surface area (Å²) >= 11 is 3.29. The average Bonchev–Trinajstić information content (AvgIpc) is 2.05. The zero-order chi connectivity index (χ0) is 11.5. The Balaban J connectivity index is 2.55. The average molecular weight is 273 g/mol. The Labute approximate surface area is 97.5 Å². The maximum absolute atomic E-state index is 11.3. The van der Waals surface area contributed by atoms with Gasteiger partial charge in [0.1, 0.15) is 11.4 Å². The number of ether oxygens (including phenoxy) is 2. The Bertz CT molecular complexity index is 338. The van der Waals surface area contributed by atoms with Crippen molar-refractivity contribution >= 4 is 22.1 Å². The molecule has 1 rings (SSSR count).